The first kappa shape index (κ1) is 17.2. The van der Waals surface area contributed by atoms with Crippen LogP contribution >= 0.6 is 11.6 Å². The summed E-state index contributed by atoms with van der Waals surface area (Å²) in [7, 11) is 0. The molecule has 2 fully saturated rings. The summed E-state index contributed by atoms with van der Waals surface area (Å²) >= 11 is 6.08. The quantitative estimate of drug-likeness (QED) is 0.818. The van der Waals surface area contributed by atoms with E-state index in [0.29, 0.717) is 36.1 Å². The molecule has 0 radical (unpaired) electrons. The van der Waals surface area contributed by atoms with Crippen molar-refractivity contribution in [2.45, 2.75) is 31.8 Å². The number of halogens is 2. The van der Waals surface area contributed by atoms with Gasteiger partial charge in [-0.05, 0) is 30.9 Å². The zero-order valence-corrected chi connectivity index (χ0v) is 14.1. The van der Waals surface area contributed by atoms with Gasteiger partial charge in [0.2, 0.25) is 11.8 Å². The smallest absolute Gasteiger partial charge is 0.237 e. The Morgan fingerprint density at radius 3 is 2.92 bits per heavy atom. The molecular formula is C17H21ClFN3O2. The molecule has 1 aliphatic carbocycles. The Kier molecular flexibility index (Phi) is 5.36. The second-order valence-corrected chi connectivity index (χ2v) is 6.84. The minimum absolute atomic E-state index is 0.0740. The van der Waals surface area contributed by atoms with E-state index in [4.69, 9.17) is 11.6 Å². The van der Waals surface area contributed by atoms with Gasteiger partial charge in [0.05, 0.1) is 12.5 Å². The number of benzene rings is 1. The Hall–Kier alpha value is -1.66. The number of carbonyl (C=O) groups excluding carboxylic acids is 2. The Balaban J connectivity index is 1.66. The van der Waals surface area contributed by atoms with Crippen molar-refractivity contribution < 1.29 is 14.0 Å². The second kappa shape index (κ2) is 7.49. The van der Waals surface area contributed by atoms with Crippen LogP contribution in [0.4, 0.5) is 4.39 Å². The number of rotatable bonds is 6. The number of hydrogen-bond acceptors (Lipinski definition) is 3. The van der Waals surface area contributed by atoms with Crippen molar-refractivity contribution in [3.8, 4) is 0 Å². The maximum absolute atomic E-state index is 14.0. The lowest BCUT2D eigenvalue weighted by Gasteiger charge is -2.35. The molecule has 7 heteroatoms. The number of nitrogens with one attached hydrogen (secondary N) is 2. The molecule has 2 amide bonds. The van der Waals surface area contributed by atoms with Gasteiger partial charge in [-0.3, -0.25) is 14.5 Å². The molecular weight excluding hydrogens is 333 g/mol. The van der Waals surface area contributed by atoms with E-state index >= 15 is 0 Å². The molecule has 2 aliphatic rings. The third kappa shape index (κ3) is 4.24. The van der Waals surface area contributed by atoms with Crippen LogP contribution in [-0.2, 0) is 16.1 Å². The van der Waals surface area contributed by atoms with Gasteiger partial charge in [0.25, 0.3) is 0 Å². The van der Waals surface area contributed by atoms with E-state index in [1.54, 1.807) is 12.1 Å². The molecule has 24 heavy (non-hydrogen) atoms. The fraction of sp³-hybridized carbons (Fsp3) is 0.529. The molecule has 0 spiro atoms. The molecule has 0 unspecified atom stereocenters. The van der Waals surface area contributed by atoms with Gasteiger partial charge in [0.15, 0.2) is 0 Å². The third-order valence-electron chi connectivity index (χ3n) is 4.53. The molecule has 1 saturated carbocycles. The van der Waals surface area contributed by atoms with Crippen molar-refractivity contribution in [3.05, 3.63) is 34.6 Å². The van der Waals surface area contributed by atoms with Crippen LogP contribution in [-0.4, -0.2) is 42.4 Å². The van der Waals surface area contributed by atoms with Crippen LogP contribution in [0, 0.1) is 11.7 Å². The molecule has 130 valence electrons. The van der Waals surface area contributed by atoms with Gasteiger partial charge in [-0.1, -0.05) is 17.7 Å². The summed E-state index contributed by atoms with van der Waals surface area (Å²) in [6.07, 6.45) is 2.38. The minimum atomic E-state index is -0.603. The molecule has 1 aromatic carbocycles. The molecule has 0 aromatic heterocycles. The first-order valence-electron chi connectivity index (χ1n) is 8.26. The average molecular weight is 354 g/mol. The largest absolute Gasteiger partial charge is 0.356 e. The normalized spacial score (nSPS) is 21.4. The van der Waals surface area contributed by atoms with Crippen LogP contribution in [0.15, 0.2) is 18.2 Å². The van der Waals surface area contributed by atoms with Gasteiger partial charge in [-0.25, -0.2) is 4.39 Å². The van der Waals surface area contributed by atoms with Crippen molar-refractivity contribution in [2.24, 2.45) is 5.92 Å². The number of nitrogens with zero attached hydrogens (tertiary/aromatic N) is 1. The molecule has 0 bridgehead atoms. The molecule has 1 saturated heterocycles. The van der Waals surface area contributed by atoms with E-state index in [1.807, 2.05) is 4.90 Å². The first-order chi connectivity index (χ1) is 11.5. The molecule has 1 atom stereocenters. The average Bonchev–Trinajstić information content (AvgIpc) is 3.36. The van der Waals surface area contributed by atoms with Crippen LogP contribution in [0.25, 0.3) is 0 Å². The summed E-state index contributed by atoms with van der Waals surface area (Å²) < 4.78 is 14.0. The second-order valence-electron chi connectivity index (χ2n) is 6.43. The summed E-state index contributed by atoms with van der Waals surface area (Å²) in [4.78, 5) is 26.1. The van der Waals surface area contributed by atoms with Crippen LogP contribution in [0.1, 0.15) is 24.8 Å². The van der Waals surface area contributed by atoms with Gasteiger partial charge in [-0.2, -0.15) is 0 Å². The zero-order valence-electron chi connectivity index (χ0n) is 13.4. The van der Waals surface area contributed by atoms with E-state index < -0.39 is 11.9 Å². The van der Waals surface area contributed by atoms with E-state index in [9.17, 15) is 14.0 Å². The highest BCUT2D eigenvalue weighted by molar-refractivity contribution is 6.31. The van der Waals surface area contributed by atoms with Crippen molar-refractivity contribution in [1.29, 1.82) is 0 Å². The minimum Gasteiger partial charge on any atom is -0.356 e. The SMILES string of the molecule is O=C(C[C@H]1C(=O)NCCN1Cc1c(F)cccc1Cl)NCC1CC1. The van der Waals surface area contributed by atoms with Gasteiger partial charge in [0.1, 0.15) is 5.82 Å². The Morgan fingerprint density at radius 2 is 2.21 bits per heavy atom. The van der Waals surface area contributed by atoms with Crippen LogP contribution in [0.3, 0.4) is 0 Å². The van der Waals surface area contributed by atoms with E-state index in [2.05, 4.69) is 10.6 Å². The van der Waals surface area contributed by atoms with E-state index in [-0.39, 0.29) is 24.8 Å². The van der Waals surface area contributed by atoms with Gasteiger partial charge < -0.3 is 10.6 Å². The Bertz CT molecular complexity index is 616. The lowest BCUT2D eigenvalue weighted by Crippen LogP contribution is -2.56. The highest BCUT2D eigenvalue weighted by Crippen LogP contribution is 2.27. The van der Waals surface area contributed by atoms with Gasteiger partial charge in [-0.15, -0.1) is 0 Å². The van der Waals surface area contributed by atoms with Crippen molar-refractivity contribution >= 4 is 23.4 Å². The number of piperazine rings is 1. The fourth-order valence-corrected chi connectivity index (χ4v) is 3.11. The maximum Gasteiger partial charge on any atom is 0.237 e. The molecule has 5 nitrogen and oxygen atoms in total. The third-order valence-corrected chi connectivity index (χ3v) is 4.88. The number of carbonyl (C=O) groups is 2. The molecule has 2 N–H and O–H groups in total. The monoisotopic (exact) mass is 353 g/mol. The van der Waals surface area contributed by atoms with Crippen LogP contribution in [0.2, 0.25) is 5.02 Å². The number of hydrogen-bond donors (Lipinski definition) is 2. The first-order valence-corrected chi connectivity index (χ1v) is 8.63. The summed E-state index contributed by atoms with van der Waals surface area (Å²) in [5, 5.41) is 5.98. The summed E-state index contributed by atoms with van der Waals surface area (Å²) in [6.45, 7) is 1.91. The molecule has 1 aromatic rings. The molecule has 1 aliphatic heterocycles. The molecule has 1 heterocycles. The van der Waals surface area contributed by atoms with Gasteiger partial charge >= 0.3 is 0 Å². The van der Waals surface area contributed by atoms with Gasteiger partial charge in [0, 0.05) is 36.8 Å². The predicted octanol–water partition coefficient (Wildman–Crippen LogP) is 1.70. The predicted molar refractivity (Wildman–Crippen MR) is 89.0 cm³/mol. The number of amides is 2. The lowest BCUT2D eigenvalue weighted by atomic mass is 10.1. The Morgan fingerprint density at radius 1 is 1.42 bits per heavy atom. The fourth-order valence-electron chi connectivity index (χ4n) is 2.89. The summed E-state index contributed by atoms with van der Waals surface area (Å²) in [6, 6.07) is 3.92. The maximum atomic E-state index is 14.0. The highest BCUT2D eigenvalue weighted by Gasteiger charge is 2.32. The van der Waals surface area contributed by atoms with Crippen LogP contribution in [0.5, 0.6) is 0 Å². The van der Waals surface area contributed by atoms with Crippen molar-refractivity contribution in [2.75, 3.05) is 19.6 Å². The van der Waals surface area contributed by atoms with Crippen molar-refractivity contribution in [3.63, 3.8) is 0 Å². The topological polar surface area (TPSA) is 61.4 Å². The van der Waals surface area contributed by atoms with E-state index in [1.165, 1.54) is 6.07 Å². The highest BCUT2D eigenvalue weighted by atomic mass is 35.5. The molecule has 3 rings (SSSR count). The lowest BCUT2D eigenvalue weighted by molar-refractivity contribution is -0.134. The summed E-state index contributed by atoms with van der Waals surface area (Å²) in [5.74, 6) is -0.156. The zero-order chi connectivity index (χ0) is 17.1. The van der Waals surface area contributed by atoms with E-state index in [0.717, 1.165) is 12.8 Å². The van der Waals surface area contributed by atoms with Crippen molar-refractivity contribution in [1.82, 2.24) is 15.5 Å². The standard InChI is InChI=1S/C17H21ClFN3O2/c18-13-2-1-3-14(19)12(13)10-22-7-6-20-17(24)15(22)8-16(23)21-9-11-4-5-11/h1-3,11,15H,4-10H2,(H,20,24)(H,21,23)/t15-/m0/s1. The summed E-state index contributed by atoms with van der Waals surface area (Å²) in [5.41, 5.74) is 0.359. The Labute approximate surface area is 145 Å². The van der Waals surface area contributed by atoms with Crippen LogP contribution < -0.4 is 10.6 Å².